The van der Waals surface area contributed by atoms with E-state index in [0.717, 1.165) is 12.8 Å². The Hall–Kier alpha value is -0.00610. The minimum Gasteiger partial charge on any atom is -0.814 e. The smallest absolute Gasteiger partial charge is 0 e. The minimum absolute atomic E-state index is 0. The maximum atomic E-state index is 9.11. The van der Waals surface area contributed by atoms with Crippen LogP contribution >= 0.6 is 0 Å². The van der Waals surface area contributed by atoms with Gasteiger partial charge in [0.05, 0.1) is 0 Å². The molecule has 1 nitrogen and oxygen atoms in total. The molecule has 0 saturated heterocycles. The van der Waals surface area contributed by atoms with Crippen LogP contribution in [0.4, 0.5) is 0 Å². The molecule has 0 fully saturated rings. The number of unbranched alkanes of at least 4 members (excludes halogenated alkanes) is 2. The van der Waals surface area contributed by atoms with Gasteiger partial charge in [-0.05, 0) is 18.3 Å². The topological polar surface area (TPSA) is 22.3 Å². The molecule has 1 rings (SSSR count). The molecule has 19 heavy (non-hydrogen) atoms. The van der Waals surface area contributed by atoms with Crippen LogP contribution in [0.2, 0.25) is 0 Å². The summed E-state index contributed by atoms with van der Waals surface area (Å²) in [7, 11) is 0. The maximum absolute atomic E-state index is 9.11. The second kappa shape index (κ2) is 14.4. The number of rotatable bonds is 7. The third kappa shape index (κ3) is 12.8. The summed E-state index contributed by atoms with van der Waals surface area (Å²) in [6, 6.07) is 12.5. The van der Waals surface area contributed by atoms with Crippen LogP contribution in [-0.4, -0.2) is 6.21 Å². The van der Waals surface area contributed by atoms with Crippen molar-refractivity contribution in [3.05, 3.63) is 41.8 Å². The zero-order valence-electron chi connectivity index (χ0n) is 12.7. The molecule has 0 aromatic heterocycles. The number of nitrogens with zero attached hydrogens (tertiary/aromatic N) is 1. The molecule has 0 saturated carbocycles. The maximum Gasteiger partial charge on any atom is 0 e. The molecule has 0 N–H and O–H groups in total. The number of hydrogen-bond donors (Lipinski definition) is 0. The summed E-state index contributed by atoms with van der Waals surface area (Å²) in [6.45, 7) is 6.54. The molecule has 1 aromatic rings. The van der Waals surface area contributed by atoms with Gasteiger partial charge in [-0.15, -0.1) is 0 Å². The van der Waals surface area contributed by atoms with Crippen molar-refractivity contribution in [2.75, 3.05) is 0 Å². The van der Waals surface area contributed by atoms with Crippen LogP contribution in [0.5, 0.6) is 0 Å². The molecular formula is C17H27NY-2. The summed E-state index contributed by atoms with van der Waals surface area (Å²) >= 11 is 0. The van der Waals surface area contributed by atoms with Gasteiger partial charge < -0.3 is 5.41 Å². The molecular weight excluding hydrogens is 307 g/mol. The summed E-state index contributed by atoms with van der Waals surface area (Å²) in [6.07, 6.45) is 8.53. The molecule has 1 radical (unpaired) electrons. The molecule has 0 bridgehead atoms. The Morgan fingerprint density at radius 3 is 1.68 bits per heavy atom. The van der Waals surface area contributed by atoms with E-state index in [4.69, 9.17) is 5.41 Å². The van der Waals surface area contributed by atoms with Crippen LogP contribution in [0.15, 0.2) is 30.3 Å². The SMILES string of the molecule is CCCCC(C)(C=[N-])CCCC.[Y].[c-]1ccccc1. The molecule has 0 aliphatic heterocycles. The summed E-state index contributed by atoms with van der Waals surface area (Å²) in [4.78, 5) is 0. The normalized spacial score (nSPS) is 9.84. The molecule has 0 spiro atoms. The van der Waals surface area contributed by atoms with Gasteiger partial charge >= 0.3 is 0 Å². The molecule has 0 atom stereocenters. The van der Waals surface area contributed by atoms with E-state index in [9.17, 15) is 0 Å². The third-order valence-corrected chi connectivity index (χ3v) is 3.12. The van der Waals surface area contributed by atoms with Crippen molar-refractivity contribution in [2.24, 2.45) is 5.41 Å². The first kappa shape index (κ1) is 21.3. The first-order valence-electron chi connectivity index (χ1n) is 7.08. The molecule has 0 amide bonds. The Morgan fingerprint density at radius 2 is 1.47 bits per heavy atom. The van der Waals surface area contributed by atoms with E-state index in [0.29, 0.717) is 0 Å². The summed E-state index contributed by atoms with van der Waals surface area (Å²) < 4.78 is 0. The van der Waals surface area contributed by atoms with E-state index in [1.807, 2.05) is 30.3 Å². The monoisotopic (exact) mass is 334 g/mol. The van der Waals surface area contributed by atoms with Crippen LogP contribution in [0.1, 0.15) is 59.3 Å². The van der Waals surface area contributed by atoms with Crippen molar-refractivity contribution in [3.63, 3.8) is 0 Å². The van der Waals surface area contributed by atoms with Gasteiger partial charge in [0.15, 0.2) is 0 Å². The van der Waals surface area contributed by atoms with Crippen molar-refractivity contribution in [3.8, 4) is 0 Å². The van der Waals surface area contributed by atoms with Gasteiger partial charge in [0.1, 0.15) is 0 Å². The molecule has 0 unspecified atom stereocenters. The predicted molar refractivity (Wildman–Crippen MR) is 81.9 cm³/mol. The Balaban J connectivity index is 0. The molecule has 105 valence electrons. The van der Waals surface area contributed by atoms with Gasteiger partial charge in [-0.2, -0.15) is 36.4 Å². The number of benzene rings is 1. The standard InChI is InChI=1S/C11H22N.C6H5.Y/c1-4-6-8-11(3,10-12)9-7-5-2;1-2-4-6-5-3-1;/h10H,4-9H2,1-3H3;1-5H;/q2*-1;. The zero-order valence-corrected chi connectivity index (χ0v) is 15.6. The van der Waals surface area contributed by atoms with E-state index in [-0.39, 0.29) is 38.1 Å². The quantitative estimate of drug-likeness (QED) is 0.464. The fraction of sp³-hybridized carbons (Fsp3) is 0.588. The largest absolute Gasteiger partial charge is 0.814 e. The van der Waals surface area contributed by atoms with Gasteiger partial charge in [0.2, 0.25) is 0 Å². The van der Waals surface area contributed by atoms with Crippen molar-refractivity contribution in [1.82, 2.24) is 0 Å². The first-order valence-corrected chi connectivity index (χ1v) is 7.08. The molecule has 1 aromatic carbocycles. The van der Waals surface area contributed by atoms with E-state index in [1.165, 1.54) is 31.9 Å². The van der Waals surface area contributed by atoms with Crippen molar-refractivity contribution in [1.29, 1.82) is 0 Å². The molecule has 2 heteroatoms. The van der Waals surface area contributed by atoms with E-state index < -0.39 is 0 Å². The Kier molecular flexibility index (Phi) is 16.1. The second-order valence-electron chi connectivity index (χ2n) is 5.07. The number of hydrogen-bond acceptors (Lipinski definition) is 0. The van der Waals surface area contributed by atoms with Crippen LogP contribution in [-0.2, 0) is 32.7 Å². The van der Waals surface area contributed by atoms with Gasteiger partial charge in [0, 0.05) is 32.7 Å². The van der Waals surface area contributed by atoms with Gasteiger partial charge in [-0.1, -0.05) is 46.5 Å². The average molecular weight is 334 g/mol. The van der Waals surface area contributed by atoms with Crippen LogP contribution in [0, 0.1) is 11.5 Å². The summed E-state index contributed by atoms with van der Waals surface area (Å²) in [5, 5.41) is 9.11. The minimum atomic E-state index is 0. The Bertz CT molecular complexity index is 250. The average Bonchev–Trinajstić information content (AvgIpc) is 2.45. The fourth-order valence-corrected chi connectivity index (χ4v) is 1.76. The van der Waals surface area contributed by atoms with E-state index in [2.05, 4.69) is 26.8 Å². The van der Waals surface area contributed by atoms with Crippen molar-refractivity contribution in [2.45, 2.75) is 59.3 Å². The summed E-state index contributed by atoms with van der Waals surface area (Å²) in [5.74, 6) is 0. The third-order valence-electron chi connectivity index (χ3n) is 3.12. The predicted octanol–water partition coefficient (Wildman–Crippen LogP) is 5.50. The fourth-order valence-electron chi connectivity index (χ4n) is 1.76. The van der Waals surface area contributed by atoms with Gasteiger partial charge in [0.25, 0.3) is 0 Å². The van der Waals surface area contributed by atoms with Crippen molar-refractivity contribution < 1.29 is 32.7 Å². The van der Waals surface area contributed by atoms with E-state index in [1.54, 1.807) is 0 Å². The summed E-state index contributed by atoms with van der Waals surface area (Å²) in [5.41, 5.74) is 0.0754. The van der Waals surface area contributed by atoms with E-state index >= 15 is 0 Å². The van der Waals surface area contributed by atoms with Crippen LogP contribution in [0.3, 0.4) is 0 Å². The second-order valence-corrected chi connectivity index (χ2v) is 5.07. The van der Waals surface area contributed by atoms with Crippen molar-refractivity contribution >= 4 is 6.21 Å². The zero-order chi connectivity index (χ0) is 13.7. The first-order chi connectivity index (χ1) is 8.68. The van der Waals surface area contributed by atoms with Gasteiger partial charge in [-0.25, -0.2) is 6.21 Å². The van der Waals surface area contributed by atoms with Gasteiger partial charge in [-0.3, -0.25) is 0 Å². The van der Waals surface area contributed by atoms with Crippen LogP contribution < -0.4 is 0 Å². The Morgan fingerprint density at radius 1 is 1.00 bits per heavy atom. The Labute approximate surface area is 145 Å². The molecule has 0 heterocycles. The molecule has 0 aliphatic carbocycles. The molecule has 0 aliphatic rings. The van der Waals surface area contributed by atoms with Crippen LogP contribution in [0.25, 0.3) is 5.41 Å².